The van der Waals surface area contributed by atoms with E-state index in [0.29, 0.717) is 31.5 Å². The first-order chi connectivity index (χ1) is 15.3. The van der Waals surface area contributed by atoms with Gasteiger partial charge in [-0.3, -0.25) is 14.7 Å². The van der Waals surface area contributed by atoms with Gasteiger partial charge in [0.15, 0.2) is 0 Å². The first-order valence-corrected chi connectivity index (χ1v) is 11.6. The maximum Gasteiger partial charge on any atom is 0.220 e. The van der Waals surface area contributed by atoms with Gasteiger partial charge in [-0.1, -0.05) is 24.3 Å². The number of ether oxygens (including phenoxy) is 1. The van der Waals surface area contributed by atoms with Gasteiger partial charge < -0.3 is 15.4 Å². The number of carbonyl (C=O) groups excluding carboxylic acids is 1. The molecule has 174 valence electrons. The van der Waals surface area contributed by atoms with Crippen molar-refractivity contribution in [3.05, 3.63) is 60.4 Å². The van der Waals surface area contributed by atoms with Crippen LogP contribution in [0.3, 0.4) is 0 Å². The van der Waals surface area contributed by atoms with E-state index < -0.39 is 0 Å². The predicted molar refractivity (Wildman–Crippen MR) is 129 cm³/mol. The van der Waals surface area contributed by atoms with Crippen molar-refractivity contribution in [3.63, 3.8) is 0 Å². The maximum atomic E-state index is 12.2. The molecule has 2 aromatic rings. The number of para-hydroxylation sites is 1. The predicted octanol–water partition coefficient (Wildman–Crippen LogP) is 3.28. The topological polar surface area (TPSA) is 66.5 Å². The molecule has 1 aromatic heterocycles. The average Bonchev–Trinajstić information content (AvgIpc) is 2.80. The Hall–Kier alpha value is -2.15. The lowest BCUT2D eigenvalue weighted by molar-refractivity contribution is -0.121. The van der Waals surface area contributed by atoms with Crippen LogP contribution >= 0.6 is 12.4 Å². The van der Waals surface area contributed by atoms with Crippen molar-refractivity contribution in [1.29, 1.82) is 0 Å². The molecular weight excluding hydrogens is 424 g/mol. The number of halogens is 1. The van der Waals surface area contributed by atoms with E-state index in [9.17, 15) is 4.79 Å². The van der Waals surface area contributed by atoms with Crippen LogP contribution in [0.2, 0.25) is 0 Å². The number of likely N-dealkylation sites (tertiary alicyclic amines) is 1. The Balaban J connectivity index is 0.00000289. The number of hydrogen-bond donors (Lipinski definition) is 2. The van der Waals surface area contributed by atoms with Crippen LogP contribution in [0.4, 0.5) is 0 Å². The summed E-state index contributed by atoms with van der Waals surface area (Å²) in [6.07, 6.45) is 7.69. The molecular formula is C25H35ClN4O2. The first-order valence-electron chi connectivity index (χ1n) is 11.6. The highest BCUT2D eigenvalue weighted by Gasteiger charge is 2.36. The quantitative estimate of drug-likeness (QED) is 0.535. The smallest absolute Gasteiger partial charge is 0.220 e. The number of nitrogens with one attached hydrogen (secondary N) is 2. The highest BCUT2D eigenvalue weighted by atomic mass is 35.5. The summed E-state index contributed by atoms with van der Waals surface area (Å²) < 4.78 is 5.62. The van der Waals surface area contributed by atoms with Crippen molar-refractivity contribution in [2.24, 2.45) is 11.8 Å². The van der Waals surface area contributed by atoms with Gasteiger partial charge in [0, 0.05) is 44.5 Å². The summed E-state index contributed by atoms with van der Waals surface area (Å²) in [7, 11) is 0. The minimum Gasteiger partial charge on any atom is -0.492 e. The van der Waals surface area contributed by atoms with Gasteiger partial charge in [-0.05, 0) is 61.4 Å². The Morgan fingerprint density at radius 2 is 2.06 bits per heavy atom. The van der Waals surface area contributed by atoms with Crippen LogP contribution in [-0.2, 0) is 11.3 Å². The van der Waals surface area contributed by atoms with Gasteiger partial charge in [0.25, 0.3) is 0 Å². The Morgan fingerprint density at radius 1 is 1.19 bits per heavy atom. The fourth-order valence-electron chi connectivity index (χ4n) is 4.94. The lowest BCUT2D eigenvalue weighted by atomic mass is 9.79. The summed E-state index contributed by atoms with van der Waals surface area (Å²) in [5.41, 5.74) is 1.29. The summed E-state index contributed by atoms with van der Waals surface area (Å²) in [6.45, 7) is 5.42. The molecule has 0 spiro atoms. The second-order valence-corrected chi connectivity index (χ2v) is 8.84. The number of nitrogens with zero attached hydrogens (tertiary/aromatic N) is 2. The largest absolute Gasteiger partial charge is 0.492 e. The summed E-state index contributed by atoms with van der Waals surface area (Å²) in [4.78, 5) is 19.0. The molecule has 0 aliphatic carbocycles. The number of hydrogen-bond acceptors (Lipinski definition) is 5. The van der Waals surface area contributed by atoms with Gasteiger partial charge in [-0.25, -0.2) is 0 Å². The van der Waals surface area contributed by atoms with Gasteiger partial charge in [0.2, 0.25) is 5.91 Å². The fraction of sp³-hybridized carbons (Fsp3) is 0.520. The lowest BCUT2D eigenvalue weighted by Crippen LogP contribution is -2.55. The SMILES string of the molecule is Cl.O=C(CCC[C@H]1NC[C@@H]2C[C@@H]1CN(Cc1cccnc1)C2)NCCOc1ccccc1. The monoisotopic (exact) mass is 458 g/mol. The van der Waals surface area contributed by atoms with E-state index in [1.54, 1.807) is 0 Å². The van der Waals surface area contributed by atoms with Crippen LogP contribution in [0.1, 0.15) is 31.2 Å². The molecule has 2 bridgehead atoms. The molecule has 0 unspecified atom stereocenters. The molecule has 0 saturated carbocycles. The molecule has 2 aliphatic rings. The van der Waals surface area contributed by atoms with Crippen molar-refractivity contribution in [1.82, 2.24) is 20.5 Å². The van der Waals surface area contributed by atoms with Gasteiger partial charge >= 0.3 is 0 Å². The van der Waals surface area contributed by atoms with Crippen molar-refractivity contribution in [2.45, 2.75) is 38.3 Å². The Bertz CT molecular complexity index is 808. The second kappa shape index (κ2) is 12.8. The molecule has 3 heterocycles. The van der Waals surface area contributed by atoms with E-state index in [-0.39, 0.29) is 18.3 Å². The average molecular weight is 459 g/mol. The number of benzene rings is 1. The van der Waals surface area contributed by atoms with Crippen LogP contribution in [0, 0.1) is 11.8 Å². The maximum absolute atomic E-state index is 12.2. The number of piperidine rings is 2. The zero-order valence-electron chi connectivity index (χ0n) is 18.6. The highest BCUT2D eigenvalue weighted by Crippen LogP contribution is 2.31. The molecule has 1 amide bonds. The molecule has 2 saturated heterocycles. The number of pyridine rings is 1. The highest BCUT2D eigenvalue weighted by molar-refractivity contribution is 5.85. The molecule has 2 N–H and O–H groups in total. The molecule has 7 heteroatoms. The number of carbonyl (C=O) groups is 1. The van der Waals surface area contributed by atoms with Crippen LogP contribution < -0.4 is 15.4 Å². The van der Waals surface area contributed by atoms with E-state index in [4.69, 9.17) is 4.74 Å². The van der Waals surface area contributed by atoms with E-state index in [1.165, 1.54) is 18.5 Å². The molecule has 0 radical (unpaired) electrons. The number of rotatable bonds is 10. The van der Waals surface area contributed by atoms with E-state index >= 15 is 0 Å². The molecule has 3 atom stereocenters. The minimum atomic E-state index is 0. The number of amides is 1. The van der Waals surface area contributed by atoms with Crippen LogP contribution in [0.25, 0.3) is 0 Å². The van der Waals surface area contributed by atoms with Crippen molar-refractivity contribution < 1.29 is 9.53 Å². The Kier molecular flexibility index (Phi) is 9.78. The normalized spacial score (nSPS) is 22.6. The third-order valence-electron chi connectivity index (χ3n) is 6.37. The molecule has 4 rings (SSSR count). The Morgan fingerprint density at radius 3 is 2.88 bits per heavy atom. The van der Waals surface area contributed by atoms with Crippen LogP contribution in [0.5, 0.6) is 5.75 Å². The molecule has 2 aliphatic heterocycles. The minimum absolute atomic E-state index is 0. The fourth-order valence-corrected chi connectivity index (χ4v) is 4.94. The van der Waals surface area contributed by atoms with Gasteiger partial charge in [-0.2, -0.15) is 0 Å². The molecule has 6 nitrogen and oxygen atoms in total. The summed E-state index contributed by atoms with van der Waals surface area (Å²) in [5, 5.41) is 6.73. The first kappa shape index (κ1) is 24.5. The third kappa shape index (κ3) is 7.47. The van der Waals surface area contributed by atoms with Gasteiger partial charge in [-0.15, -0.1) is 12.4 Å². The van der Waals surface area contributed by atoms with E-state index in [2.05, 4.69) is 26.6 Å². The molecule has 1 aromatic carbocycles. The summed E-state index contributed by atoms with van der Waals surface area (Å²) in [5.74, 6) is 2.36. The van der Waals surface area contributed by atoms with Crippen LogP contribution in [0.15, 0.2) is 54.9 Å². The van der Waals surface area contributed by atoms with Crippen molar-refractivity contribution in [3.8, 4) is 5.75 Å². The zero-order valence-corrected chi connectivity index (χ0v) is 19.4. The number of aromatic nitrogens is 1. The third-order valence-corrected chi connectivity index (χ3v) is 6.37. The standard InChI is InChI=1S/C25H34N4O2.ClH/c30-25(27-12-13-31-23-7-2-1-3-8-23)10-4-9-24-22-14-21(16-28-24)18-29(19-22)17-20-6-5-11-26-15-20;/h1-3,5-8,11,15,21-22,24,28H,4,9-10,12-14,16-19H2,(H,27,30);1H/t21-,22+,24+;/m0./s1. The lowest BCUT2D eigenvalue weighted by Gasteiger charge is -2.46. The zero-order chi connectivity index (χ0) is 21.3. The van der Waals surface area contributed by atoms with E-state index in [0.717, 1.165) is 44.1 Å². The second-order valence-electron chi connectivity index (χ2n) is 8.84. The van der Waals surface area contributed by atoms with Crippen molar-refractivity contribution in [2.75, 3.05) is 32.8 Å². The van der Waals surface area contributed by atoms with Crippen LogP contribution in [-0.4, -0.2) is 54.6 Å². The summed E-state index contributed by atoms with van der Waals surface area (Å²) >= 11 is 0. The molecule has 2 fully saturated rings. The van der Waals surface area contributed by atoms with Gasteiger partial charge in [0.1, 0.15) is 12.4 Å². The van der Waals surface area contributed by atoms with Crippen molar-refractivity contribution >= 4 is 18.3 Å². The number of fused-ring (bicyclic) bond motifs is 2. The molecule has 32 heavy (non-hydrogen) atoms. The Labute approximate surface area is 197 Å². The van der Waals surface area contributed by atoms with E-state index in [1.807, 2.05) is 48.8 Å². The summed E-state index contributed by atoms with van der Waals surface area (Å²) in [6, 6.07) is 14.4. The van der Waals surface area contributed by atoms with Gasteiger partial charge in [0.05, 0.1) is 6.54 Å².